The van der Waals surface area contributed by atoms with Crippen LogP contribution in [0.25, 0.3) is 11.0 Å². The molecule has 9 heteroatoms. The Morgan fingerprint density at radius 3 is 2.61 bits per heavy atom. The molecule has 3 aromatic carbocycles. The van der Waals surface area contributed by atoms with Crippen molar-refractivity contribution in [2.75, 3.05) is 7.11 Å². The fourth-order valence-electron chi connectivity index (χ4n) is 3.04. The lowest BCUT2D eigenvalue weighted by Gasteiger charge is -2.13. The second kappa shape index (κ2) is 10.3. The molecule has 0 aliphatic carbocycles. The Labute approximate surface area is 208 Å². The van der Waals surface area contributed by atoms with Gasteiger partial charge in [0, 0.05) is 15.4 Å². The number of carbonyl (C=O) groups excluding carboxylic acids is 1. The van der Waals surface area contributed by atoms with E-state index in [0.717, 1.165) is 10.9 Å². The molecule has 6 nitrogen and oxygen atoms in total. The molecule has 0 atom stereocenters. The minimum absolute atomic E-state index is 0.133. The molecule has 1 amide bonds. The molecule has 0 fully saturated rings. The lowest BCUT2D eigenvalue weighted by atomic mass is 10.2. The molecule has 33 heavy (non-hydrogen) atoms. The molecule has 0 bridgehead atoms. The van der Waals surface area contributed by atoms with Crippen molar-refractivity contribution in [3.63, 3.8) is 0 Å². The molecule has 4 rings (SSSR count). The SMILES string of the molecule is COc1cc(/C=N/NC(=O)c2cc3cc(Cl)ccc3o2)cc(Br)c1OCc1ccc(Cl)cc1. The summed E-state index contributed by atoms with van der Waals surface area (Å²) in [6, 6.07) is 17.7. The van der Waals surface area contributed by atoms with Gasteiger partial charge < -0.3 is 13.9 Å². The van der Waals surface area contributed by atoms with E-state index < -0.39 is 5.91 Å². The van der Waals surface area contributed by atoms with E-state index in [0.29, 0.717) is 43.8 Å². The number of fused-ring (bicyclic) bond motifs is 1. The third-order valence-electron chi connectivity index (χ3n) is 4.63. The molecule has 1 heterocycles. The van der Waals surface area contributed by atoms with Crippen LogP contribution in [0, 0.1) is 0 Å². The average molecular weight is 548 g/mol. The van der Waals surface area contributed by atoms with Crippen molar-refractivity contribution in [2.45, 2.75) is 6.61 Å². The first kappa shape index (κ1) is 23.2. The topological polar surface area (TPSA) is 73.1 Å². The van der Waals surface area contributed by atoms with Gasteiger partial charge in [0.05, 0.1) is 17.8 Å². The van der Waals surface area contributed by atoms with Crippen LogP contribution in [-0.4, -0.2) is 19.2 Å². The van der Waals surface area contributed by atoms with Crippen molar-refractivity contribution >= 4 is 62.2 Å². The highest BCUT2D eigenvalue weighted by atomic mass is 79.9. The van der Waals surface area contributed by atoms with Gasteiger partial charge in [0.1, 0.15) is 12.2 Å². The van der Waals surface area contributed by atoms with Crippen LogP contribution in [0.4, 0.5) is 0 Å². The van der Waals surface area contributed by atoms with Gasteiger partial charge in [-0.05, 0) is 75.6 Å². The zero-order valence-corrected chi connectivity index (χ0v) is 20.4. The minimum atomic E-state index is -0.479. The number of nitrogens with one attached hydrogen (secondary N) is 1. The highest BCUT2D eigenvalue weighted by Gasteiger charge is 2.13. The van der Waals surface area contributed by atoms with Crippen molar-refractivity contribution in [3.05, 3.63) is 92.1 Å². The van der Waals surface area contributed by atoms with E-state index in [1.54, 1.807) is 55.6 Å². The van der Waals surface area contributed by atoms with Crippen LogP contribution in [0.2, 0.25) is 10.0 Å². The summed E-state index contributed by atoms with van der Waals surface area (Å²) in [6.07, 6.45) is 1.49. The summed E-state index contributed by atoms with van der Waals surface area (Å²) in [6.45, 7) is 0.346. The summed E-state index contributed by atoms with van der Waals surface area (Å²) in [4.78, 5) is 12.4. The van der Waals surface area contributed by atoms with Crippen molar-refractivity contribution in [3.8, 4) is 11.5 Å². The largest absolute Gasteiger partial charge is 0.493 e. The smallest absolute Gasteiger partial charge is 0.307 e. The Bertz CT molecular complexity index is 1340. The van der Waals surface area contributed by atoms with Gasteiger partial charge in [-0.1, -0.05) is 35.3 Å². The number of hydrogen-bond acceptors (Lipinski definition) is 5. The first-order chi connectivity index (χ1) is 15.9. The van der Waals surface area contributed by atoms with Crippen LogP contribution < -0.4 is 14.9 Å². The fraction of sp³-hybridized carbons (Fsp3) is 0.0833. The third-order valence-corrected chi connectivity index (χ3v) is 5.71. The lowest BCUT2D eigenvalue weighted by Crippen LogP contribution is -2.16. The maximum Gasteiger partial charge on any atom is 0.307 e. The van der Waals surface area contributed by atoms with E-state index >= 15 is 0 Å². The zero-order chi connectivity index (χ0) is 23.4. The van der Waals surface area contributed by atoms with Gasteiger partial charge in [-0.3, -0.25) is 4.79 Å². The summed E-state index contributed by atoms with van der Waals surface area (Å²) in [7, 11) is 1.55. The Kier molecular flexibility index (Phi) is 7.23. The maximum absolute atomic E-state index is 12.4. The highest BCUT2D eigenvalue weighted by Crippen LogP contribution is 2.37. The number of ether oxygens (including phenoxy) is 2. The van der Waals surface area contributed by atoms with Gasteiger partial charge in [-0.25, -0.2) is 5.43 Å². The number of hydrazone groups is 1. The normalized spacial score (nSPS) is 11.2. The second-order valence-corrected chi connectivity index (χ2v) is 8.67. The summed E-state index contributed by atoms with van der Waals surface area (Å²) in [5.41, 5.74) is 4.67. The molecule has 0 unspecified atom stereocenters. The standard InChI is InChI=1S/C24H17BrCl2N2O4/c1-31-21-9-15(8-19(25)23(21)32-13-14-2-4-17(26)5-3-14)12-28-29-24(30)22-11-16-10-18(27)6-7-20(16)33-22/h2-12H,13H2,1H3,(H,29,30)/b28-12+. The number of nitrogens with zero attached hydrogens (tertiary/aromatic N) is 1. The quantitative estimate of drug-likeness (QED) is 0.203. The summed E-state index contributed by atoms with van der Waals surface area (Å²) in [5.74, 6) is 0.719. The van der Waals surface area contributed by atoms with Crippen molar-refractivity contribution in [2.24, 2.45) is 5.10 Å². The Morgan fingerprint density at radius 1 is 1.09 bits per heavy atom. The molecule has 0 spiro atoms. The van der Waals surface area contributed by atoms with E-state index in [1.807, 2.05) is 12.1 Å². The van der Waals surface area contributed by atoms with Crippen molar-refractivity contribution in [1.82, 2.24) is 5.43 Å². The molecular formula is C24H17BrCl2N2O4. The van der Waals surface area contributed by atoms with Crippen LogP contribution in [0.1, 0.15) is 21.7 Å². The van der Waals surface area contributed by atoms with Crippen LogP contribution >= 0.6 is 39.1 Å². The van der Waals surface area contributed by atoms with Crippen molar-refractivity contribution in [1.29, 1.82) is 0 Å². The number of hydrogen-bond donors (Lipinski definition) is 1. The first-order valence-corrected chi connectivity index (χ1v) is 11.2. The molecule has 0 saturated carbocycles. The summed E-state index contributed by atoms with van der Waals surface area (Å²) < 4.78 is 17.6. The fourth-order valence-corrected chi connectivity index (χ4v) is 3.92. The van der Waals surface area contributed by atoms with Crippen LogP contribution in [0.5, 0.6) is 11.5 Å². The van der Waals surface area contributed by atoms with Gasteiger partial charge >= 0.3 is 5.91 Å². The number of carbonyl (C=O) groups is 1. The monoisotopic (exact) mass is 546 g/mol. The molecule has 168 valence electrons. The summed E-state index contributed by atoms with van der Waals surface area (Å²) >= 11 is 15.4. The van der Waals surface area contributed by atoms with Crippen LogP contribution in [0.3, 0.4) is 0 Å². The number of furan rings is 1. The number of rotatable bonds is 7. The van der Waals surface area contributed by atoms with Crippen LogP contribution in [-0.2, 0) is 6.61 Å². The van der Waals surface area contributed by atoms with E-state index in [-0.39, 0.29) is 5.76 Å². The van der Waals surface area contributed by atoms with Gasteiger partial charge in [0.25, 0.3) is 0 Å². The van der Waals surface area contributed by atoms with Gasteiger partial charge in [0.15, 0.2) is 17.3 Å². The maximum atomic E-state index is 12.4. The molecule has 0 radical (unpaired) electrons. The predicted octanol–water partition coefficient (Wildman–Crippen LogP) is 6.85. The van der Waals surface area contributed by atoms with E-state index in [1.165, 1.54) is 6.21 Å². The predicted molar refractivity (Wildman–Crippen MR) is 133 cm³/mol. The third kappa shape index (κ3) is 5.68. The highest BCUT2D eigenvalue weighted by molar-refractivity contribution is 9.10. The number of benzene rings is 3. The van der Waals surface area contributed by atoms with Gasteiger partial charge in [-0.2, -0.15) is 5.10 Å². The number of amides is 1. The van der Waals surface area contributed by atoms with Crippen LogP contribution in [0.15, 0.2) is 74.7 Å². The second-order valence-electron chi connectivity index (χ2n) is 6.94. The molecule has 0 aliphatic rings. The Hall–Kier alpha value is -3.00. The summed E-state index contributed by atoms with van der Waals surface area (Å²) in [5, 5.41) is 5.98. The molecule has 0 saturated heterocycles. The van der Waals surface area contributed by atoms with E-state index in [2.05, 4.69) is 26.5 Å². The number of halogens is 3. The molecule has 1 N–H and O–H groups in total. The molecule has 1 aromatic heterocycles. The lowest BCUT2D eigenvalue weighted by molar-refractivity contribution is 0.0929. The van der Waals surface area contributed by atoms with E-state index in [9.17, 15) is 4.79 Å². The van der Waals surface area contributed by atoms with E-state index in [4.69, 9.17) is 37.1 Å². The average Bonchev–Trinajstić information content (AvgIpc) is 3.22. The molecule has 4 aromatic rings. The van der Waals surface area contributed by atoms with Gasteiger partial charge in [-0.15, -0.1) is 0 Å². The van der Waals surface area contributed by atoms with Crippen molar-refractivity contribution < 1.29 is 18.7 Å². The Balaban J connectivity index is 1.44. The first-order valence-electron chi connectivity index (χ1n) is 9.70. The molecular weight excluding hydrogens is 531 g/mol. The Morgan fingerprint density at radius 2 is 1.85 bits per heavy atom. The van der Waals surface area contributed by atoms with Gasteiger partial charge in [0.2, 0.25) is 0 Å². The molecule has 0 aliphatic heterocycles. The number of methoxy groups -OCH3 is 1. The zero-order valence-electron chi connectivity index (χ0n) is 17.3. The minimum Gasteiger partial charge on any atom is -0.493 e.